The van der Waals surface area contributed by atoms with Crippen molar-refractivity contribution >= 4 is 39.4 Å². The molecule has 0 saturated carbocycles. The zero-order valence-electron chi connectivity index (χ0n) is 6.28. The van der Waals surface area contributed by atoms with Crippen molar-refractivity contribution in [2.75, 3.05) is 0 Å². The molecule has 82 valence electrons. The van der Waals surface area contributed by atoms with Gasteiger partial charge in [0, 0.05) is 5.30 Å². The van der Waals surface area contributed by atoms with Crippen LogP contribution in [-0.4, -0.2) is 0 Å². The minimum Gasteiger partial charge on any atom is -0.203 e. The summed E-state index contributed by atoms with van der Waals surface area (Å²) in [5.74, 6) is -9.65. The summed E-state index contributed by atoms with van der Waals surface area (Å²) in [5, 5.41) is -0.952. The standard InChI is InChI=1S/C6H2F5P.2ClH/c7-1-2(8)4(10)6(12)5(11)3(1)9;;/h12H2;2*1H. The van der Waals surface area contributed by atoms with E-state index in [-0.39, 0.29) is 24.8 Å². The van der Waals surface area contributed by atoms with E-state index in [9.17, 15) is 22.0 Å². The molecule has 0 amide bonds. The van der Waals surface area contributed by atoms with E-state index in [1.54, 1.807) is 0 Å². The number of benzene rings is 1. The van der Waals surface area contributed by atoms with Crippen LogP contribution < -0.4 is 5.30 Å². The Morgan fingerprint density at radius 3 is 1.07 bits per heavy atom. The van der Waals surface area contributed by atoms with Crippen LogP contribution >= 0.6 is 34.1 Å². The molecule has 0 aliphatic carbocycles. The molecular formula is C6H4Cl2F5P. The fraction of sp³-hybridized carbons (Fsp3) is 0. The van der Waals surface area contributed by atoms with Gasteiger partial charge in [-0.1, -0.05) is 9.24 Å². The van der Waals surface area contributed by atoms with E-state index >= 15 is 0 Å². The summed E-state index contributed by atoms with van der Waals surface area (Å²) >= 11 is 0. The van der Waals surface area contributed by atoms with E-state index < -0.39 is 34.4 Å². The van der Waals surface area contributed by atoms with Gasteiger partial charge in [-0.3, -0.25) is 0 Å². The molecule has 0 fully saturated rings. The van der Waals surface area contributed by atoms with Gasteiger partial charge in [0.1, 0.15) is 0 Å². The van der Waals surface area contributed by atoms with Crippen LogP contribution in [-0.2, 0) is 0 Å². The van der Waals surface area contributed by atoms with Gasteiger partial charge in [0.05, 0.1) is 0 Å². The van der Waals surface area contributed by atoms with Gasteiger partial charge in [0.2, 0.25) is 5.82 Å². The van der Waals surface area contributed by atoms with Crippen molar-refractivity contribution in [2.24, 2.45) is 0 Å². The lowest BCUT2D eigenvalue weighted by molar-refractivity contribution is 0.384. The van der Waals surface area contributed by atoms with Crippen molar-refractivity contribution < 1.29 is 22.0 Å². The Balaban J connectivity index is 0. The second kappa shape index (κ2) is 5.69. The predicted molar refractivity (Wildman–Crippen MR) is 50.1 cm³/mol. The molecule has 0 bridgehead atoms. The lowest BCUT2D eigenvalue weighted by atomic mass is 10.3. The van der Waals surface area contributed by atoms with Gasteiger partial charge in [0.15, 0.2) is 23.3 Å². The van der Waals surface area contributed by atoms with E-state index in [2.05, 4.69) is 0 Å². The van der Waals surface area contributed by atoms with Gasteiger partial charge in [-0.15, -0.1) is 24.8 Å². The molecule has 1 unspecified atom stereocenters. The summed E-state index contributed by atoms with van der Waals surface area (Å²) in [6.45, 7) is 0. The van der Waals surface area contributed by atoms with Crippen molar-refractivity contribution in [2.45, 2.75) is 0 Å². The Morgan fingerprint density at radius 1 is 0.571 bits per heavy atom. The van der Waals surface area contributed by atoms with E-state index in [0.29, 0.717) is 0 Å². The normalized spacial score (nSPS) is 9.00. The predicted octanol–water partition coefficient (Wildman–Crippen LogP) is 2.73. The van der Waals surface area contributed by atoms with Crippen molar-refractivity contribution in [3.8, 4) is 0 Å². The highest BCUT2D eigenvalue weighted by Crippen LogP contribution is 2.17. The van der Waals surface area contributed by atoms with Crippen LogP contribution in [0.25, 0.3) is 0 Å². The maximum Gasteiger partial charge on any atom is 0.200 e. The van der Waals surface area contributed by atoms with Crippen molar-refractivity contribution in [3.63, 3.8) is 0 Å². The first-order valence-electron chi connectivity index (χ1n) is 2.73. The monoisotopic (exact) mass is 272 g/mol. The fourth-order valence-electron chi connectivity index (χ4n) is 0.622. The maximum atomic E-state index is 12.4. The van der Waals surface area contributed by atoms with Gasteiger partial charge < -0.3 is 0 Å². The Kier molecular flexibility index (Phi) is 6.63. The molecule has 1 rings (SSSR count). The highest BCUT2D eigenvalue weighted by Gasteiger charge is 2.22. The van der Waals surface area contributed by atoms with Gasteiger partial charge in [0.25, 0.3) is 0 Å². The molecule has 0 aliphatic heterocycles. The van der Waals surface area contributed by atoms with E-state index in [4.69, 9.17) is 0 Å². The van der Waals surface area contributed by atoms with Gasteiger partial charge >= 0.3 is 0 Å². The molecule has 0 heterocycles. The minimum atomic E-state index is -2.14. The topological polar surface area (TPSA) is 0 Å². The lowest BCUT2D eigenvalue weighted by Crippen LogP contribution is -2.13. The van der Waals surface area contributed by atoms with Crippen LogP contribution in [0.5, 0.6) is 0 Å². The van der Waals surface area contributed by atoms with Crippen LogP contribution in [0.2, 0.25) is 0 Å². The third kappa shape index (κ3) is 2.47. The molecule has 0 nitrogen and oxygen atoms in total. The largest absolute Gasteiger partial charge is 0.203 e. The van der Waals surface area contributed by atoms with Gasteiger partial charge in [-0.2, -0.15) is 0 Å². The van der Waals surface area contributed by atoms with Crippen LogP contribution in [0.4, 0.5) is 22.0 Å². The quantitative estimate of drug-likeness (QED) is 0.295. The average molecular weight is 273 g/mol. The Hall–Kier alpha value is -0.120. The van der Waals surface area contributed by atoms with E-state index in [1.165, 1.54) is 9.24 Å². The SMILES string of the molecule is Cl.Cl.Fc1c(F)c(F)c(P)c(F)c1F. The highest BCUT2D eigenvalue weighted by atomic mass is 35.5. The summed E-state index contributed by atoms with van der Waals surface area (Å²) in [7, 11) is 1.44. The highest BCUT2D eigenvalue weighted by molar-refractivity contribution is 7.27. The van der Waals surface area contributed by atoms with Crippen molar-refractivity contribution in [1.29, 1.82) is 0 Å². The molecule has 14 heavy (non-hydrogen) atoms. The van der Waals surface area contributed by atoms with E-state index in [0.717, 1.165) is 0 Å². The molecule has 1 atom stereocenters. The summed E-state index contributed by atoms with van der Waals surface area (Å²) in [4.78, 5) is 0. The Bertz CT molecular complexity index is 238. The molecule has 0 spiro atoms. The molecule has 0 saturated heterocycles. The molecule has 0 aliphatic rings. The van der Waals surface area contributed by atoms with Crippen LogP contribution in [0, 0.1) is 29.1 Å². The van der Waals surface area contributed by atoms with Crippen molar-refractivity contribution in [1.82, 2.24) is 0 Å². The molecule has 8 heteroatoms. The first-order valence-corrected chi connectivity index (χ1v) is 3.31. The minimum absolute atomic E-state index is 0. The fourth-order valence-corrected chi connectivity index (χ4v) is 0.875. The molecule has 1 aromatic carbocycles. The first kappa shape index (κ1) is 16.3. The Morgan fingerprint density at radius 2 is 0.786 bits per heavy atom. The number of hydrogen-bond donors (Lipinski definition) is 0. The summed E-state index contributed by atoms with van der Waals surface area (Å²) in [6, 6.07) is 0. The smallest absolute Gasteiger partial charge is 0.200 e. The number of rotatable bonds is 0. The molecule has 0 aromatic heterocycles. The van der Waals surface area contributed by atoms with Crippen molar-refractivity contribution in [3.05, 3.63) is 29.1 Å². The second-order valence-corrected chi connectivity index (χ2v) is 2.56. The van der Waals surface area contributed by atoms with Crippen LogP contribution in [0.1, 0.15) is 0 Å². The second-order valence-electron chi connectivity index (χ2n) is 1.98. The van der Waals surface area contributed by atoms with Gasteiger partial charge in [-0.05, 0) is 0 Å². The van der Waals surface area contributed by atoms with E-state index in [1.807, 2.05) is 0 Å². The van der Waals surface area contributed by atoms with Gasteiger partial charge in [-0.25, -0.2) is 22.0 Å². The lowest BCUT2D eigenvalue weighted by Gasteiger charge is -2.02. The third-order valence-corrected chi connectivity index (χ3v) is 1.75. The molecule has 1 aromatic rings. The third-order valence-electron chi connectivity index (χ3n) is 1.24. The summed E-state index contributed by atoms with van der Waals surface area (Å²) in [6.07, 6.45) is 0. The average Bonchev–Trinajstić information content (AvgIpc) is 2.08. The molecule has 0 radical (unpaired) electrons. The molecule has 0 N–H and O–H groups in total. The summed E-state index contributed by atoms with van der Waals surface area (Å²) in [5.41, 5.74) is 0. The zero-order valence-corrected chi connectivity index (χ0v) is 9.07. The van der Waals surface area contributed by atoms with Crippen LogP contribution in [0.3, 0.4) is 0 Å². The number of hydrogen-bond acceptors (Lipinski definition) is 0. The molecular weight excluding hydrogens is 269 g/mol. The van der Waals surface area contributed by atoms with Crippen LogP contribution in [0.15, 0.2) is 0 Å². The number of halogens is 7. The first-order chi connectivity index (χ1) is 5.46. The Labute approximate surface area is 90.9 Å². The summed E-state index contributed by atoms with van der Waals surface area (Å²) < 4.78 is 61.5. The zero-order chi connectivity index (χ0) is 9.46. The maximum absolute atomic E-state index is 12.4.